The van der Waals surface area contributed by atoms with Crippen molar-refractivity contribution in [2.24, 2.45) is 5.92 Å². The molecule has 0 aromatic heterocycles. The summed E-state index contributed by atoms with van der Waals surface area (Å²) in [7, 11) is 0. The molecule has 1 saturated heterocycles. The van der Waals surface area contributed by atoms with Crippen LogP contribution < -0.4 is 10.6 Å². The maximum atomic E-state index is 13.5. The Balaban J connectivity index is 1.83. The van der Waals surface area contributed by atoms with Crippen molar-refractivity contribution >= 4 is 11.6 Å². The van der Waals surface area contributed by atoms with Crippen LogP contribution in [0.4, 0.5) is 10.1 Å². The van der Waals surface area contributed by atoms with Crippen LogP contribution in [-0.2, 0) is 4.79 Å². The number of piperidine rings is 1. The Morgan fingerprint density at radius 2 is 2.29 bits per heavy atom. The Morgan fingerprint density at radius 1 is 1.48 bits per heavy atom. The predicted octanol–water partition coefficient (Wildman–Crippen LogP) is 2.09. The van der Waals surface area contributed by atoms with Gasteiger partial charge in [0.1, 0.15) is 5.82 Å². The fourth-order valence-electron chi connectivity index (χ4n) is 2.71. The second kappa shape index (κ2) is 8.10. The number of rotatable bonds is 6. The topological polar surface area (TPSA) is 44.4 Å². The summed E-state index contributed by atoms with van der Waals surface area (Å²) in [6.07, 6.45) is 2.40. The molecule has 2 rings (SSSR count). The SMILES string of the molecule is CCN(CC(=O)Nc1ccccc1F)CC1CCCNC1. The van der Waals surface area contributed by atoms with E-state index >= 15 is 0 Å². The summed E-state index contributed by atoms with van der Waals surface area (Å²) in [5, 5.41) is 6.03. The van der Waals surface area contributed by atoms with Gasteiger partial charge >= 0.3 is 0 Å². The first-order valence-electron chi connectivity index (χ1n) is 7.66. The number of carbonyl (C=O) groups is 1. The zero-order chi connectivity index (χ0) is 15.1. The van der Waals surface area contributed by atoms with Gasteiger partial charge in [-0.05, 0) is 50.5 Å². The molecule has 0 aliphatic carbocycles. The molecule has 1 aliphatic heterocycles. The van der Waals surface area contributed by atoms with Crippen LogP contribution in [-0.4, -0.2) is 43.5 Å². The summed E-state index contributed by atoms with van der Waals surface area (Å²) in [5.41, 5.74) is 0.248. The average molecular weight is 293 g/mol. The average Bonchev–Trinajstić information content (AvgIpc) is 2.50. The first kappa shape index (κ1) is 15.9. The van der Waals surface area contributed by atoms with E-state index in [1.54, 1.807) is 18.2 Å². The highest BCUT2D eigenvalue weighted by Crippen LogP contribution is 2.14. The summed E-state index contributed by atoms with van der Waals surface area (Å²) in [5.74, 6) is 0.0380. The molecule has 116 valence electrons. The molecule has 1 amide bonds. The molecule has 21 heavy (non-hydrogen) atoms. The van der Waals surface area contributed by atoms with Crippen molar-refractivity contribution in [3.63, 3.8) is 0 Å². The molecule has 1 aromatic carbocycles. The molecule has 1 heterocycles. The van der Waals surface area contributed by atoms with E-state index < -0.39 is 5.82 Å². The van der Waals surface area contributed by atoms with E-state index in [0.29, 0.717) is 12.5 Å². The lowest BCUT2D eigenvalue weighted by atomic mass is 9.99. The Labute approximate surface area is 125 Å². The lowest BCUT2D eigenvalue weighted by molar-refractivity contribution is -0.117. The van der Waals surface area contributed by atoms with Crippen LogP contribution in [0, 0.1) is 11.7 Å². The second-order valence-electron chi connectivity index (χ2n) is 5.57. The number of carbonyl (C=O) groups excluding carboxylic acids is 1. The highest BCUT2D eigenvalue weighted by atomic mass is 19.1. The fourth-order valence-corrected chi connectivity index (χ4v) is 2.71. The minimum atomic E-state index is -0.398. The highest BCUT2D eigenvalue weighted by molar-refractivity contribution is 5.92. The monoisotopic (exact) mass is 293 g/mol. The van der Waals surface area contributed by atoms with Gasteiger partial charge in [0.25, 0.3) is 0 Å². The van der Waals surface area contributed by atoms with Crippen molar-refractivity contribution in [2.75, 3.05) is 38.0 Å². The Bertz CT molecular complexity index is 461. The van der Waals surface area contributed by atoms with Gasteiger partial charge in [0.2, 0.25) is 5.91 Å². The van der Waals surface area contributed by atoms with E-state index in [0.717, 1.165) is 26.2 Å². The molecule has 1 unspecified atom stereocenters. The van der Waals surface area contributed by atoms with E-state index in [1.807, 2.05) is 6.92 Å². The quantitative estimate of drug-likeness (QED) is 0.844. The highest BCUT2D eigenvalue weighted by Gasteiger charge is 2.18. The number of halogens is 1. The van der Waals surface area contributed by atoms with Crippen LogP contribution in [0.15, 0.2) is 24.3 Å². The minimum absolute atomic E-state index is 0.161. The fraction of sp³-hybridized carbons (Fsp3) is 0.562. The molecule has 0 radical (unpaired) electrons. The van der Waals surface area contributed by atoms with Crippen molar-refractivity contribution in [3.05, 3.63) is 30.1 Å². The zero-order valence-corrected chi connectivity index (χ0v) is 12.6. The van der Waals surface area contributed by atoms with Gasteiger partial charge in [0, 0.05) is 6.54 Å². The van der Waals surface area contributed by atoms with Crippen molar-refractivity contribution in [2.45, 2.75) is 19.8 Å². The molecule has 2 N–H and O–H groups in total. The number of hydrogen-bond acceptors (Lipinski definition) is 3. The standard InChI is InChI=1S/C16H24FN3O/c1-2-20(11-13-6-5-9-18-10-13)12-16(21)19-15-8-4-3-7-14(15)17/h3-4,7-8,13,18H,2,5-6,9-12H2,1H3,(H,19,21). The largest absolute Gasteiger partial charge is 0.322 e. The maximum absolute atomic E-state index is 13.5. The lowest BCUT2D eigenvalue weighted by Crippen LogP contribution is -2.41. The van der Waals surface area contributed by atoms with Crippen LogP contribution in [0.5, 0.6) is 0 Å². The van der Waals surface area contributed by atoms with Gasteiger partial charge in [-0.15, -0.1) is 0 Å². The molecule has 1 atom stereocenters. The smallest absolute Gasteiger partial charge is 0.238 e. The molecular weight excluding hydrogens is 269 g/mol. The summed E-state index contributed by atoms with van der Waals surface area (Å²) in [6.45, 7) is 6.20. The third-order valence-electron chi connectivity index (χ3n) is 3.88. The second-order valence-corrected chi connectivity index (χ2v) is 5.57. The molecule has 5 heteroatoms. The lowest BCUT2D eigenvalue weighted by Gasteiger charge is -2.29. The van der Waals surface area contributed by atoms with Gasteiger partial charge < -0.3 is 10.6 Å². The Morgan fingerprint density at radius 3 is 2.95 bits per heavy atom. The number of hydrogen-bond donors (Lipinski definition) is 2. The van der Waals surface area contributed by atoms with Gasteiger partial charge in [-0.2, -0.15) is 0 Å². The number of para-hydroxylation sites is 1. The van der Waals surface area contributed by atoms with Crippen molar-refractivity contribution in [1.29, 1.82) is 0 Å². The summed E-state index contributed by atoms with van der Waals surface area (Å²) in [6, 6.07) is 6.25. The Hall–Kier alpha value is -1.46. The molecule has 0 spiro atoms. The number of likely N-dealkylation sites (N-methyl/N-ethyl adjacent to an activating group) is 1. The van der Waals surface area contributed by atoms with E-state index in [-0.39, 0.29) is 11.6 Å². The minimum Gasteiger partial charge on any atom is -0.322 e. The third kappa shape index (κ3) is 5.10. The van der Waals surface area contributed by atoms with Gasteiger partial charge in [-0.1, -0.05) is 19.1 Å². The summed E-state index contributed by atoms with van der Waals surface area (Å²) < 4.78 is 13.5. The van der Waals surface area contributed by atoms with E-state index in [9.17, 15) is 9.18 Å². The predicted molar refractivity (Wildman–Crippen MR) is 82.7 cm³/mol. The number of benzene rings is 1. The van der Waals surface area contributed by atoms with Crippen LogP contribution in [0.2, 0.25) is 0 Å². The van der Waals surface area contributed by atoms with Crippen molar-refractivity contribution < 1.29 is 9.18 Å². The number of amides is 1. The first-order chi connectivity index (χ1) is 10.2. The number of anilines is 1. The van der Waals surface area contributed by atoms with Gasteiger partial charge in [0.15, 0.2) is 0 Å². The van der Waals surface area contributed by atoms with Crippen molar-refractivity contribution in [1.82, 2.24) is 10.2 Å². The normalized spacial score (nSPS) is 18.7. The molecule has 4 nitrogen and oxygen atoms in total. The molecule has 1 fully saturated rings. The van der Waals surface area contributed by atoms with Crippen LogP contribution >= 0.6 is 0 Å². The van der Waals surface area contributed by atoms with Gasteiger partial charge in [-0.3, -0.25) is 9.69 Å². The molecule has 1 aromatic rings. The molecule has 0 bridgehead atoms. The van der Waals surface area contributed by atoms with Crippen molar-refractivity contribution in [3.8, 4) is 0 Å². The molecule has 0 saturated carbocycles. The van der Waals surface area contributed by atoms with E-state index in [1.165, 1.54) is 18.9 Å². The third-order valence-corrected chi connectivity index (χ3v) is 3.88. The van der Waals surface area contributed by atoms with E-state index in [4.69, 9.17) is 0 Å². The Kier molecular flexibility index (Phi) is 6.14. The number of nitrogens with one attached hydrogen (secondary N) is 2. The molecule has 1 aliphatic rings. The van der Waals surface area contributed by atoms with E-state index in [2.05, 4.69) is 15.5 Å². The van der Waals surface area contributed by atoms with Crippen LogP contribution in [0.1, 0.15) is 19.8 Å². The van der Waals surface area contributed by atoms with Gasteiger partial charge in [0.05, 0.1) is 12.2 Å². The van der Waals surface area contributed by atoms with Crippen LogP contribution in [0.25, 0.3) is 0 Å². The molecular formula is C16H24FN3O. The van der Waals surface area contributed by atoms with Gasteiger partial charge in [-0.25, -0.2) is 4.39 Å². The summed E-state index contributed by atoms with van der Waals surface area (Å²) >= 11 is 0. The van der Waals surface area contributed by atoms with Crippen LogP contribution in [0.3, 0.4) is 0 Å². The summed E-state index contributed by atoms with van der Waals surface area (Å²) in [4.78, 5) is 14.2. The number of nitrogens with zero attached hydrogens (tertiary/aromatic N) is 1. The zero-order valence-electron chi connectivity index (χ0n) is 12.6. The first-order valence-corrected chi connectivity index (χ1v) is 7.66. The maximum Gasteiger partial charge on any atom is 0.238 e.